The Morgan fingerprint density at radius 1 is 1.00 bits per heavy atom. The van der Waals surface area contributed by atoms with Gasteiger partial charge >= 0.3 is 0 Å². The van der Waals surface area contributed by atoms with E-state index in [1.807, 2.05) is 72.8 Å². The minimum absolute atomic E-state index is 0.149. The molecule has 0 spiro atoms. The van der Waals surface area contributed by atoms with Crippen LogP contribution in [0.3, 0.4) is 0 Å². The van der Waals surface area contributed by atoms with E-state index < -0.39 is 0 Å². The number of imidazole rings is 1. The second-order valence-corrected chi connectivity index (χ2v) is 7.93. The summed E-state index contributed by atoms with van der Waals surface area (Å²) in [6.07, 6.45) is 6.84. The normalized spacial score (nSPS) is 11.1. The Morgan fingerprint density at radius 3 is 2.62 bits per heavy atom. The van der Waals surface area contributed by atoms with Gasteiger partial charge in [0, 0.05) is 12.6 Å². The average Bonchev–Trinajstić information content (AvgIpc) is 3.23. The molecule has 34 heavy (non-hydrogen) atoms. The maximum Gasteiger partial charge on any atom is 0.244 e. The second-order valence-electron chi connectivity index (χ2n) is 7.93. The van der Waals surface area contributed by atoms with Crippen LogP contribution in [0.2, 0.25) is 0 Å². The number of aryl methyl sites for hydroxylation is 1. The summed E-state index contributed by atoms with van der Waals surface area (Å²) >= 11 is 0. The van der Waals surface area contributed by atoms with Gasteiger partial charge in [-0.25, -0.2) is 4.98 Å². The quantitative estimate of drug-likeness (QED) is 0.184. The number of aromatic nitrogens is 2. The molecule has 172 valence electrons. The van der Waals surface area contributed by atoms with Crippen molar-refractivity contribution in [1.29, 1.82) is 0 Å². The lowest BCUT2D eigenvalue weighted by Crippen LogP contribution is -2.23. The predicted octanol–water partition coefficient (Wildman–Crippen LogP) is 5.56. The van der Waals surface area contributed by atoms with E-state index in [9.17, 15) is 4.79 Å². The van der Waals surface area contributed by atoms with E-state index in [-0.39, 0.29) is 5.91 Å². The molecular formula is C29H29N3O2. The number of hydrogen-bond donors (Lipinski definition) is 1. The average molecular weight is 452 g/mol. The zero-order valence-electron chi connectivity index (χ0n) is 19.2. The van der Waals surface area contributed by atoms with Gasteiger partial charge in [0.05, 0.1) is 24.2 Å². The Labute approximate surface area is 200 Å². The molecule has 0 saturated carbocycles. The molecule has 1 heterocycles. The number of hydrogen-bond acceptors (Lipinski definition) is 3. The van der Waals surface area contributed by atoms with Crippen molar-refractivity contribution in [3.05, 3.63) is 115 Å². The minimum Gasteiger partial charge on any atom is -0.493 e. The number of carbonyl (C=O) groups excluding carboxylic acids is 1. The van der Waals surface area contributed by atoms with Gasteiger partial charge in [-0.3, -0.25) is 4.79 Å². The smallest absolute Gasteiger partial charge is 0.244 e. The summed E-state index contributed by atoms with van der Waals surface area (Å²) in [6.45, 7) is 5.51. The standard InChI is InChI=1S/C29H29N3O2/c1-2-11-24-14-6-9-17-27(24)34-21-10-20-32-26-16-8-7-15-25(26)31-28(32)22-30-29(33)19-18-23-12-4-3-5-13-23/h2-9,12-19H,1,10-11,20-22H2,(H,30,33)/b19-18-. The van der Waals surface area contributed by atoms with Gasteiger partial charge in [-0.15, -0.1) is 6.58 Å². The number of rotatable bonds is 11. The fourth-order valence-corrected chi connectivity index (χ4v) is 3.84. The summed E-state index contributed by atoms with van der Waals surface area (Å²) in [7, 11) is 0. The molecule has 0 radical (unpaired) electrons. The summed E-state index contributed by atoms with van der Waals surface area (Å²) in [5.74, 6) is 1.58. The first-order valence-electron chi connectivity index (χ1n) is 11.5. The maximum absolute atomic E-state index is 12.4. The molecule has 0 saturated heterocycles. The minimum atomic E-state index is -0.149. The van der Waals surface area contributed by atoms with Crippen LogP contribution < -0.4 is 10.1 Å². The van der Waals surface area contributed by atoms with Crippen LogP contribution >= 0.6 is 0 Å². The number of para-hydroxylation sites is 3. The van der Waals surface area contributed by atoms with Gasteiger partial charge in [0.2, 0.25) is 5.91 Å². The first-order valence-corrected chi connectivity index (χ1v) is 11.5. The molecule has 1 amide bonds. The zero-order valence-corrected chi connectivity index (χ0v) is 19.2. The molecule has 5 nitrogen and oxygen atoms in total. The van der Waals surface area contributed by atoms with Crippen molar-refractivity contribution in [3.8, 4) is 5.75 Å². The molecule has 0 fully saturated rings. The number of amides is 1. The highest BCUT2D eigenvalue weighted by Gasteiger charge is 2.11. The molecule has 0 bridgehead atoms. The van der Waals surface area contributed by atoms with Crippen molar-refractivity contribution < 1.29 is 9.53 Å². The maximum atomic E-state index is 12.4. The monoisotopic (exact) mass is 451 g/mol. The molecule has 4 aromatic rings. The number of ether oxygens (including phenoxy) is 1. The second kappa shape index (κ2) is 11.7. The van der Waals surface area contributed by atoms with E-state index in [0.717, 1.165) is 53.1 Å². The third-order valence-corrected chi connectivity index (χ3v) is 5.50. The van der Waals surface area contributed by atoms with Crippen LogP contribution in [0.1, 0.15) is 23.4 Å². The predicted molar refractivity (Wildman–Crippen MR) is 138 cm³/mol. The van der Waals surface area contributed by atoms with E-state index in [1.165, 1.54) is 0 Å². The van der Waals surface area contributed by atoms with Crippen LogP contribution in [-0.4, -0.2) is 22.1 Å². The highest BCUT2D eigenvalue weighted by Crippen LogP contribution is 2.20. The summed E-state index contributed by atoms with van der Waals surface area (Å²) < 4.78 is 8.21. The number of benzene rings is 3. The molecule has 0 aliphatic carbocycles. The Kier molecular flexibility index (Phi) is 7.90. The van der Waals surface area contributed by atoms with Crippen LogP contribution in [0.15, 0.2) is 97.6 Å². The summed E-state index contributed by atoms with van der Waals surface area (Å²) in [5.41, 5.74) is 4.10. The van der Waals surface area contributed by atoms with Gasteiger partial charge in [-0.1, -0.05) is 66.7 Å². The Hall–Kier alpha value is -4.12. The van der Waals surface area contributed by atoms with Gasteiger partial charge in [0.25, 0.3) is 0 Å². The third kappa shape index (κ3) is 6.01. The van der Waals surface area contributed by atoms with Crippen LogP contribution in [0, 0.1) is 0 Å². The zero-order chi connectivity index (χ0) is 23.6. The highest BCUT2D eigenvalue weighted by atomic mass is 16.5. The van der Waals surface area contributed by atoms with Gasteiger partial charge in [-0.2, -0.15) is 0 Å². The third-order valence-electron chi connectivity index (χ3n) is 5.50. The van der Waals surface area contributed by atoms with E-state index in [4.69, 9.17) is 9.72 Å². The van der Waals surface area contributed by atoms with Crippen molar-refractivity contribution in [2.24, 2.45) is 0 Å². The van der Waals surface area contributed by atoms with Crippen molar-refractivity contribution in [3.63, 3.8) is 0 Å². The molecular weight excluding hydrogens is 422 g/mol. The number of fused-ring (bicyclic) bond motifs is 1. The highest BCUT2D eigenvalue weighted by molar-refractivity contribution is 5.91. The van der Waals surface area contributed by atoms with E-state index in [1.54, 1.807) is 12.2 Å². The topological polar surface area (TPSA) is 56.1 Å². The number of nitrogens with one attached hydrogen (secondary N) is 1. The molecule has 0 unspecified atom stereocenters. The van der Waals surface area contributed by atoms with Crippen LogP contribution in [-0.2, 0) is 24.3 Å². The van der Waals surface area contributed by atoms with E-state index >= 15 is 0 Å². The summed E-state index contributed by atoms with van der Waals surface area (Å²) in [5, 5.41) is 2.96. The summed E-state index contributed by atoms with van der Waals surface area (Å²) in [6, 6.07) is 25.9. The van der Waals surface area contributed by atoms with Crippen molar-refractivity contribution in [2.45, 2.75) is 25.9 Å². The van der Waals surface area contributed by atoms with Crippen LogP contribution in [0.25, 0.3) is 17.1 Å². The lowest BCUT2D eigenvalue weighted by Gasteiger charge is -2.12. The lowest BCUT2D eigenvalue weighted by molar-refractivity contribution is -0.116. The van der Waals surface area contributed by atoms with Gasteiger partial charge in [0.1, 0.15) is 11.6 Å². The molecule has 0 aliphatic heterocycles. The molecule has 0 aliphatic rings. The van der Waals surface area contributed by atoms with Crippen molar-refractivity contribution >= 4 is 23.0 Å². The van der Waals surface area contributed by atoms with Crippen LogP contribution in [0.5, 0.6) is 5.75 Å². The SMILES string of the molecule is C=CCc1ccccc1OCCCn1c(CNC(=O)/C=C\c2ccccc2)nc2ccccc21. The Bertz CT molecular complexity index is 1280. The number of carbonyl (C=O) groups is 1. The Morgan fingerprint density at radius 2 is 1.76 bits per heavy atom. The molecule has 1 N–H and O–H groups in total. The van der Waals surface area contributed by atoms with Crippen molar-refractivity contribution in [1.82, 2.24) is 14.9 Å². The largest absolute Gasteiger partial charge is 0.493 e. The van der Waals surface area contributed by atoms with Gasteiger partial charge in [-0.05, 0) is 48.2 Å². The lowest BCUT2D eigenvalue weighted by atomic mass is 10.1. The van der Waals surface area contributed by atoms with Gasteiger partial charge in [0.15, 0.2) is 0 Å². The fourth-order valence-electron chi connectivity index (χ4n) is 3.84. The molecule has 3 aromatic carbocycles. The van der Waals surface area contributed by atoms with E-state index in [0.29, 0.717) is 13.2 Å². The number of allylic oxidation sites excluding steroid dienone is 1. The molecule has 0 atom stereocenters. The molecule has 4 rings (SSSR count). The summed E-state index contributed by atoms with van der Waals surface area (Å²) in [4.78, 5) is 17.1. The Balaban J connectivity index is 1.39. The fraction of sp³-hybridized carbons (Fsp3) is 0.172. The first kappa shape index (κ1) is 23.1. The molecule has 1 aromatic heterocycles. The van der Waals surface area contributed by atoms with Crippen LogP contribution in [0.4, 0.5) is 0 Å². The first-order chi connectivity index (χ1) is 16.7. The molecule has 5 heteroatoms. The van der Waals surface area contributed by atoms with Crippen molar-refractivity contribution in [2.75, 3.05) is 6.61 Å². The van der Waals surface area contributed by atoms with Gasteiger partial charge < -0.3 is 14.6 Å². The number of nitrogens with zero attached hydrogens (tertiary/aromatic N) is 2. The van der Waals surface area contributed by atoms with E-state index in [2.05, 4.69) is 28.6 Å².